The van der Waals surface area contributed by atoms with E-state index in [-0.39, 0.29) is 11.1 Å². The van der Waals surface area contributed by atoms with Gasteiger partial charge in [0.05, 0.1) is 12.0 Å². The average Bonchev–Trinajstić information content (AvgIpc) is 2.93. The lowest BCUT2D eigenvalue weighted by Gasteiger charge is -2.06. The Morgan fingerprint density at radius 3 is 2.32 bits per heavy atom. The summed E-state index contributed by atoms with van der Waals surface area (Å²) in [5.41, 5.74) is 1.88. The van der Waals surface area contributed by atoms with Crippen LogP contribution in [-0.2, 0) is 4.79 Å². The molecule has 0 atom stereocenters. The van der Waals surface area contributed by atoms with Gasteiger partial charge in [0.15, 0.2) is 0 Å². The number of hydrogen-bond acceptors (Lipinski definition) is 5. The van der Waals surface area contributed by atoms with E-state index >= 15 is 0 Å². The Bertz CT molecular complexity index is 858. The third kappa shape index (κ3) is 4.07. The van der Waals surface area contributed by atoms with Crippen molar-refractivity contribution in [3.63, 3.8) is 0 Å². The number of ether oxygens (including phenoxy) is 1. The highest BCUT2D eigenvalue weighted by Gasteiger charge is 2.24. The van der Waals surface area contributed by atoms with Crippen LogP contribution >= 0.6 is 11.8 Å². The summed E-state index contributed by atoms with van der Waals surface area (Å²) in [5.74, 6) is 0.0616. The van der Waals surface area contributed by atoms with Gasteiger partial charge in [-0.25, -0.2) is 0 Å². The summed E-state index contributed by atoms with van der Waals surface area (Å²) in [5, 5.41) is 4.61. The predicted octanol–water partition coefficient (Wildman–Crippen LogP) is 3.27. The van der Waals surface area contributed by atoms with Crippen LogP contribution in [0.5, 0.6) is 5.75 Å². The van der Waals surface area contributed by atoms with Crippen molar-refractivity contribution in [1.29, 1.82) is 0 Å². The van der Waals surface area contributed by atoms with Gasteiger partial charge in [-0.05, 0) is 59.8 Å². The minimum atomic E-state index is -0.406. The molecule has 0 saturated carbocycles. The summed E-state index contributed by atoms with van der Waals surface area (Å²) in [7, 11) is 1.58. The lowest BCUT2D eigenvalue weighted by atomic mass is 10.1. The Balaban J connectivity index is 1.69. The summed E-state index contributed by atoms with van der Waals surface area (Å²) in [4.78, 5) is 35.2. The summed E-state index contributed by atoms with van der Waals surface area (Å²) >= 11 is 0.856. The van der Waals surface area contributed by atoms with E-state index in [1.165, 1.54) is 0 Å². The van der Waals surface area contributed by atoms with Crippen molar-refractivity contribution in [2.45, 2.75) is 0 Å². The molecule has 7 heteroatoms. The molecule has 1 aliphatic heterocycles. The van der Waals surface area contributed by atoms with Crippen LogP contribution in [0.4, 0.5) is 10.5 Å². The van der Waals surface area contributed by atoms with Crippen LogP contribution in [0.1, 0.15) is 15.9 Å². The van der Waals surface area contributed by atoms with Crippen LogP contribution < -0.4 is 15.4 Å². The molecule has 0 unspecified atom stereocenters. The molecule has 3 rings (SSSR count). The van der Waals surface area contributed by atoms with Crippen LogP contribution in [0.3, 0.4) is 0 Å². The van der Waals surface area contributed by atoms with Crippen molar-refractivity contribution in [1.82, 2.24) is 5.32 Å². The van der Waals surface area contributed by atoms with Gasteiger partial charge in [0.1, 0.15) is 5.75 Å². The van der Waals surface area contributed by atoms with Crippen molar-refractivity contribution in [2.75, 3.05) is 12.4 Å². The van der Waals surface area contributed by atoms with Crippen molar-refractivity contribution >= 4 is 40.6 Å². The first-order valence-corrected chi connectivity index (χ1v) is 8.17. The van der Waals surface area contributed by atoms with E-state index in [0.717, 1.165) is 17.3 Å². The number of methoxy groups -OCH3 is 1. The Hall–Kier alpha value is -3.06. The summed E-state index contributed by atoms with van der Waals surface area (Å²) in [6.07, 6.45) is 1.61. The first-order valence-electron chi connectivity index (χ1n) is 7.35. The number of amides is 3. The van der Waals surface area contributed by atoms with Gasteiger partial charge < -0.3 is 10.1 Å². The van der Waals surface area contributed by atoms with E-state index in [9.17, 15) is 14.4 Å². The van der Waals surface area contributed by atoms with E-state index in [1.54, 1.807) is 61.7 Å². The third-order valence-corrected chi connectivity index (χ3v) is 4.27. The molecule has 0 aromatic heterocycles. The smallest absolute Gasteiger partial charge is 0.290 e. The first kappa shape index (κ1) is 16.8. The molecule has 0 spiro atoms. The van der Waals surface area contributed by atoms with Crippen molar-refractivity contribution < 1.29 is 19.1 Å². The highest BCUT2D eigenvalue weighted by molar-refractivity contribution is 8.18. The highest BCUT2D eigenvalue weighted by Crippen LogP contribution is 2.25. The maximum Gasteiger partial charge on any atom is 0.290 e. The molecule has 2 aromatic carbocycles. The normalized spacial score (nSPS) is 15.2. The third-order valence-electron chi connectivity index (χ3n) is 3.46. The zero-order chi connectivity index (χ0) is 17.8. The molecule has 1 heterocycles. The monoisotopic (exact) mass is 354 g/mol. The van der Waals surface area contributed by atoms with Gasteiger partial charge in [-0.1, -0.05) is 12.1 Å². The fraction of sp³-hybridized carbons (Fsp3) is 0.0556. The Kier molecular flexibility index (Phi) is 4.85. The van der Waals surface area contributed by atoms with Crippen LogP contribution in [-0.4, -0.2) is 24.2 Å². The molecule has 0 radical (unpaired) electrons. The largest absolute Gasteiger partial charge is 0.497 e. The molecule has 1 fully saturated rings. The van der Waals surface area contributed by atoms with Crippen LogP contribution in [0, 0.1) is 0 Å². The second-order valence-corrected chi connectivity index (χ2v) is 6.17. The molecule has 0 aliphatic carbocycles. The van der Waals surface area contributed by atoms with Crippen LogP contribution in [0.25, 0.3) is 6.08 Å². The number of rotatable bonds is 4. The lowest BCUT2D eigenvalue weighted by Crippen LogP contribution is -2.17. The number of imide groups is 1. The minimum absolute atomic E-state index is 0.243. The molecule has 126 valence electrons. The highest BCUT2D eigenvalue weighted by atomic mass is 32.2. The maximum absolute atomic E-state index is 12.2. The van der Waals surface area contributed by atoms with Crippen molar-refractivity contribution in [2.24, 2.45) is 0 Å². The number of carbonyl (C=O) groups is 3. The quantitative estimate of drug-likeness (QED) is 0.823. The number of hydrogen-bond donors (Lipinski definition) is 2. The maximum atomic E-state index is 12.2. The Morgan fingerprint density at radius 1 is 1.08 bits per heavy atom. The summed E-state index contributed by atoms with van der Waals surface area (Å²) in [6.45, 7) is 0. The van der Waals surface area contributed by atoms with E-state index in [2.05, 4.69) is 10.6 Å². The van der Waals surface area contributed by atoms with Crippen LogP contribution in [0.2, 0.25) is 0 Å². The van der Waals surface area contributed by atoms with Gasteiger partial charge in [0.25, 0.3) is 17.1 Å². The first-order chi connectivity index (χ1) is 12.0. The lowest BCUT2D eigenvalue weighted by molar-refractivity contribution is -0.115. The fourth-order valence-electron chi connectivity index (χ4n) is 2.18. The van der Waals surface area contributed by atoms with Gasteiger partial charge in [0.2, 0.25) is 0 Å². The fourth-order valence-corrected chi connectivity index (χ4v) is 2.86. The second-order valence-electron chi connectivity index (χ2n) is 5.16. The minimum Gasteiger partial charge on any atom is -0.497 e. The van der Waals surface area contributed by atoms with E-state index < -0.39 is 5.91 Å². The van der Waals surface area contributed by atoms with Gasteiger partial charge in [0, 0.05) is 11.3 Å². The van der Waals surface area contributed by atoms with E-state index in [4.69, 9.17) is 4.74 Å². The number of nitrogens with one attached hydrogen (secondary N) is 2. The van der Waals surface area contributed by atoms with Gasteiger partial charge in [-0.2, -0.15) is 0 Å². The molecular formula is C18H14N2O4S. The topological polar surface area (TPSA) is 84.5 Å². The van der Waals surface area contributed by atoms with Gasteiger partial charge >= 0.3 is 0 Å². The number of thioether (sulfide) groups is 1. The zero-order valence-electron chi connectivity index (χ0n) is 13.2. The Morgan fingerprint density at radius 2 is 1.76 bits per heavy atom. The molecule has 1 saturated heterocycles. The molecule has 2 aromatic rings. The van der Waals surface area contributed by atoms with Crippen molar-refractivity contribution in [3.05, 3.63) is 64.6 Å². The molecule has 2 N–H and O–H groups in total. The Labute approximate surface area is 148 Å². The standard InChI is InChI=1S/C18H14N2O4S/c1-24-14-8-6-13(7-9-14)19-16(21)12-4-2-11(3-5-12)10-15-17(22)20-18(23)25-15/h2-10H,1H3,(H,19,21)(H,20,22,23)/b15-10+. The van der Waals surface area contributed by atoms with Crippen molar-refractivity contribution in [3.8, 4) is 5.75 Å². The zero-order valence-corrected chi connectivity index (χ0v) is 14.1. The molecule has 3 amide bonds. The molecule has 0 bridgehead atoms. The SMILES string of the molecule is COc1ccc(NC(=O)c2ccc(/C=C3/SC(=O)NC3=O)cc2)cc1. The van der Waals surface area contributed by atoms with Crippen LogP contribution in [0.15, 0.2) is 53.4 Å². The van der Waals surface area contributed by atoms with E-state index in [0.29, 0.717) is 21.9 Å². The summed E-state index contributed by atoms with van der Waals surface area (Å²) in [6, 6.07) is 13.8. The second kappa shape index (κ2) is 7.23. The predicted molar refractivity (Wildman–Crippen MR) is 96.5 cm³/mol. The summed E-state index contributed by atoms with van der Waals surface area (Å²) < 4.78 is 5.07. The number of carbonyl (C=O) groups excluding carboxylic acids is 3. The molecule has 6 nitrogen and oxygen atoms in total. The number of anilines is 1. The molecule has 25 heavy (non-hydrogen) atoms. The van der Waals surface area contributed by atoms with Gasteiger partial charge in [-0.15, -0.1) is 0 Å². The average molecular weight is 354 g/mol. The number of benzene rings is 2. The molecular weight excluding hydrogens is 340 g/mol. The van der Waals surface area contributed by atoms with E-state index in [1.807, 2.05) is 0 Å². The van der Waals surface area contributed by atoms with Gasteiger partial charge in [-0.3, -0.25) is 19.7 Å². The molecule has 1 aliphatic rings.